The lowest BCUT2D eigenvalue weighted by molar-refractivity contribution is 0.336. The lowest BCUT2D eigenvalue weighted by Crippen LogP contribution is -2.27. The Morgan fingerprint density at radius 3 is 2.71 bits per heavy atom. The van der Waals surface area contributed by atoms with Gasteiger partial charge in [0.05, 0.1) is 5.02 Å². The maximum Gasteiger partial charge on any atom is 0.138 e. The van der Waals surface area contributed by atoms with Crippen molar-refractivity contribution in [1.82, 2.24) is 5.32 Å². The number of phenolic OH excluding ortho intramolecular Hbond substituents is 1. The van der Waals surface area contributed by atoms with E-state index in [1.54, 1.807) is 6.07 Å². The maximum absolute atomic E-state index is 9.78. The van der Waals surface area contributed by atoms with Crippen molar-refractivity contribution in [3.05, 3.63) is 28.8 Å². The molecule has 1 aliphatic rings. The Bertz CT molecular complexity index is 399. The summed E-state index contributed by atoms with van der Waals surface area (Å²) in [7, 11) is 0. The van der Waals surface area contributed by atoms with E-state index in [0.717, 1.165) is 18.0 Å². The van der Waals surface area contributed by atoms with Crippen molar-refractivity contribution in [2.75, 3.05) is 6.54 Å². The van der Waals surface area contributed by atoms with Crippen LogP contribution >= 0.6 is 11.6 Å². The predicted octanol–water partition coefficient (Wildman–Crippen LogP) is 3.57. The number of hydrogen-bond donors (Lipinski definition) is 2. The van der Waals surface area contributed by atoms with Crippen LogP contribution in [-0.2, 0) is 6.54 Å². The predicted molar refractivity (Wildman–Crippen MR) is 71.3 cm³/mol. The van der Waals surface area contributed by atoms with Gasteiger partial charge in [-0.2, -0.15) is 0 Å². The number of rotatable bonds is 5. The van der Waals surface area contributed by atoms with Crippen LogP contribution in [0.15, 0.2) is 18.2 Å². The number of aromatic hydroxyl groups is 1. The maximum atomic E-state index is 9.78. The molecule has 17 heavy (non-hydrogen) atoms. The summed E-state index contributed by atoms with van der Waals surface area (Å²) >= 11 is 5.87. The van der Waals surface area contributed by atoms with Crippen LogP contribution in [0.2, 0.25) is 5.02 Å². The molecule has 0 bridgehead atoms. The fraction of sp³-hybridized carbons (Fsp3) is 0.571. The van der Waals surface area contributed by atoms with Crippen molar-refractivity contribution in [1.29, 1.82) is 0 Å². The molecule has 0 atom stereocenters. The van der Waals surface area contributed by atoms with Crippen LogP contribution in [0.1, 0.15) is 32.3 Å². The molecular formula is C14H20ClNO. The van der Waals surface area contributed by atoms with Crippen molar-refractivity contribution in [3.63, 3.8) is 0 Å². The summed E-state index contributed by atoms with van der Waals surface area (Å²) in [5.74, 6) is 0.930. The molecule has 2 N–H and O–H groups in total. The van der Waals surface area contributed by atoms with Crippen molar-refractivity contribution >= 4 is 11.6 Å². The second-order valence-electron chi connectivity index (χ2n) is 5.37. The highest BCUT2D eigenvalue weighted by Crippen LogP contribution is 2.51. The van der Waals surface area contributed by atoms with Crippen LogP contribution < -0.4 is 5.32 Å². The molecule has 3 heteroatoms. The van der Waals surface area contributed by atoms with Crippen molar-refractivity contribution in [2.45, 2.75) is 33.2 Å². The van der Waals surface area contributed by atoms with Gasteiger partial charge in [-0.05, 0) is 30.2 Å². The summed E-state index contributed by atoms with van der Waals surface area (Å²) in [5.41, 5.74) is 1.37. The van der Waals surface area contributed by atoms with Crippen molar-refractivity contribution < 1.29 is 5.11 Å². The first-order valence-electron chi connectivity index (χ1n) is 6.22. The third-order valence-corrected chi connectivity index (χ3v) is 4.28. The summed E-state index contributed by atoms with van der Waals surface area (Å²) in [5, 5.41) is 13.6. The van der Waals surface area contributed by atoms with Crippen molar-refractivity contribution in [3.8, 4) is 5.75 Å². The van der Waals surface area contributed by atoms with Crippen LogP contribution in [-0.4, -0.2) is 11.7 Å². The summed E-state index contributed by atoms with van der Waals surface area (Å²) in [6.45, 7) is 6.27. The van der Waals surface area contributed by atoms with Gasteiger partial charge in [0.15, 0.2) is 0 Å². The largest absolute Gasteiger partial charge is 0.506 e. The lowest BCUT2D eigenvalue weighted by atomic mass is 9.92. The molecule has 0 radical (unpaired) electrons. The van der Waals surface area contributed by atoms with Gasteiger partial charge in [-0.25, -0.2) is 0 Å². The number of phenols is 1. The molecule has 1 aliphatic carbocycles. The summed E-state index contributed by atoms with van der Waals surface area (Å²) < 4.78 is 0. The Morgan fingerprint density at radius 1 is 1.41 bits per heavy atom. The van der Waals surface area contributed by atoms with Gasteiger partial charge in [0.25, 0.3) is 0 Å². The quantitative estimate of drug-likeness (QED) is 0.841. The van der Waals surface area contributed by atoms with Gasteiger partial charge in [0, 0.05) is 18.7 Å². The molecule has 0 saturated heterocycles. The third-order valence-electron chi connectivity index (χ3n) is 3.98. The number of nitrogens with one attached hydrogen (secondary N) is 1. The van der Waals surface area contributed by atoms with E-state index in [-0.39, 0.29) is 5.75 Å². The fourth-order valence-electron chi connectivity index (χ4n) is 2.27. The summed E-state index contributed by atoms with van der Waals surface area (Å²) in [6.07, 6.45) is 2.64. The summed E-state index contributed by atoms with van der Waals surface area (Å²) in [6, 6.07) is 5.48. The molecule has 0 heterocycles. The Morgan fingerprint density at radius 2 is 2.12 bits per heavy atom. The van der Waals surface area contributed by atoms with Gasteiger partial charge in [-0.1, -0.05) is 37.6 Å². The van der Waals surface area contributed by atoms with Gasteiger partial charge in [0.1, 0.15) is 5.75 Å². The van der Waals surface area contributed by atoms with E-state index in [1.165, 1.54) is 12.8 Å². The zero-order chi connectivity index (χ0) is 12.5. The van der Waals surface area contributed by atoms with E-state index in [1.807, 2.05) is 12.1 Å². The Balaban J connectivity index is 1.89. The molecule has 2 rings (SSSR count). The number of halogens is 1. The molecular weight excluding hydrogens is 234 g/mol. The van der Waals surface area contributed by atoms with Crippen LogP contribution in [0.3, 0.4) is 0 Å². The highest BCUT2D eigenvalue weighted by atomic mass is 35.5. The second-order valence-corrected chi connectivity index (χ2v) is 5.78. The van der Waals surface area contributed by atoms with Gasteiger partial charge < -0.3 is 10.4 Å². The molecule has 1 fully saturated rings. The van der Waals surface area contributed by atoms with Gasteiger partial charge in [-0.3, -0.25) is 0 Å². The monoisotopic (exact) mass is 253 g/mol. The molecule has 1 saturated carbocycles. The zero-order valence-corrected chi connectivity index (χ0v) is 11.2. The van der Waals surface area contributed by atoms with Gasteiger partial charge in [-0.15, -0.1) is 0 Å². The van der Waals surface area contributed by atoms with E-state index in [4.69, 9.17) is 11.6 Å². The van der Waals surface area contributed by atoms with Crippen LogP contribution in [0.4, 0.5) is 0 Å². The molecule has 0 unspecified atom stereocenters. The second kappa shape index (κ2) is 4.87. The first-order valence-corrected chi connectivity index (χ1v) is 6.60. The van der Waals surface area contributed by atoms with E-state index in [2.05, 4.69) is 19.2 Å². The van der Waals surface area contributed by atoms with E-state index >= 15 is 0 Å². The lowest BCUT2D eigenvalue weighted by Gasteiger charge is -2.20. The average molecular weight is 254 g/mol. The standard InChI is InChI=1S/C14H20ClNO/c1-10(2)14(6-7-14)9-16-8-11-4-3-5-12(15)13(11)17/h3-5,10,16-17H,6-9H2,1-2H3. The minimum Gasteiger partial charge on any atom is -0.506 e. The third kappa shape index (κ3) is 2.75. The molecule has 0 spiro atoms. The smallest absolute Gasteiger partial charge is 0.138 e. The topological polar surface area (TPSA) is 32.3 Å². The minimum atomic E-state index is 0.205. The highest BCUT2D eigenvalue weighted by Gasteiger charge is 2.44. The molecule has 0 aliphatic heterocycles. The van der Waals surface area contributed by atoms with E-state index in [9.17, 15) is 5.11 Å². The highest BCUT2D eigenvalue weighted by molar-refractivity contribution is 6.32. The number of hydrogen-bond acceptors (Lipinski definition) is 2. The first kappa shape index (κ1) is 12.7. The zero-order valence-electron chi connectivity index (χ0n) is 10.5. The Labute approximate surface area is 108 Å². The normalized spacial score (nSPS) is 17.4. The molecule has 2 nitrogen and oxygen atoms in total. The molecule has 1 aromatic rings. The Hall–Kier alpha value is -0.730. The first-order chi connectivity index (χ1) is 8.05. The van der Waals surface area contributed by atoms with Crippen LogP contribution in [0.5, 0.6) is 5.75 Å². The summed E-state index contributed by atoms with van der Waals surface area (Å²) in [4.78, 5) is 0. The number of benzene rings is 1. The molecule has 0 aromatic heterocycles. The average Bonchev–Trinajstić information content (AvgIpc) is 3.05. The number of para-hydroxylation sites is 1. The van der Waals surface area contributed by atoms with E-state index in [0.29, 0.717) is 17.0 Å². The van der Waals surface area contributed by atoms with Crippen LogP contribution in [0.25, 0.3) is 0 Å². The minimum absolute atomic E-state index is 0.205. The van der Waals surface area contributed by atoms with Gasteiger partial charge in [0.2, 0.25) is 0 Å². The van der Waals surface area contributed by atoms with Gasteiger partial charge >= 0.3 is 0 Å². The molecule has 1 aromatic carbocycles. The fourth-order valence-corrected chi connectivity index (χ4v) is 2.46. The van der Waals surface area contributed by atoms with E-state index < -0.39 is 0 Å². The van der Waals surface area contributed by atoms with Crippen LogP contribution in [0, 0.1) is 11.3 Å². The molecule has 94 valence electrons. The Kier molecular flexibility index (Phi) is 3.64. The molecule has 0 amide bonds. The SMILES string of the molecule is CC(C)C1(CNCc2cccc(Cl)c2O)CC1. The van der Waals surface area contributed by atoms with Crippen molar-refractivity contribution in [2.24, 2.45) is 11.3 Å².